The zero-order chi connectivity index (χ0) is 30.5. The van der Waals surface area contributed by atoms with Gasteiger partial charge in [0.25, 0.3) is 0 Å². The average molecular weight is 578 g/mol. The van der Waals surface area contributed by atoms with Crippen molar-refractivity contribution >= 4 is 23.9 Å². The van der Waals surface area contributed by atoms with E-state index in [0.717, 1.165) is 18.2 Å². The normalized spacial score (nSPS) is 13.5. The fourth-order valence-electron chi connectivity index (χ4n) is 4.07. The number of aromatic hydroxyl groups is 1. The maximum absolute atomic E-state index is 13.6. The van der Waals surface area contributed by atoms with Crippen LogP contribution in [0.4, 0.5) is 4.79 Å². The molecule has 0 bridgehead atoms. The van der Waals surface area contributed by atoms with Crippen LogP contribution in [-0.2, 0) is 43.3 Å². The van der Waals surface area contributed by atoms with Crippen molar-refractivity contribution in [2.45, 2.75) is 50.6 Å². The molecular weight excluding hydrogens is 542 g/mol. The summed E-state index contributed by atoms with van der Waals surface area (Å²) >= 11 is 0. The highest BCUT2D eigenvalue weighted by Gasteiger charge is 2.32. The van der Waals surface area contributed by atoms with E-state index >= 15 is 0 Å². The molecule has 0 aromatic heterocycles. The Hall–Kier alpha value is -4.90. The van der Waals surface area contributed by atoms with E-state index in [1.807, 2.05) is 24.3 Å². The number of phenolic OH excluding ortho intramolecular Hbond substituents is 1. The number of benzene rings is 3. The third-order valence-electron chi connectivity index (χ3n) is 6.35. The van der Waals surface area contributed by atoms with E-state index in [4.69, 9.17) is 4.74 Å². The number of phenols is 1. The zero-order valence-electron chi connectivity index (χ0n) is 23.4. The lowest BCUT2D eigenvalue weighted by Gasteiger charge is -2.26. The van der Waals surface area contributed by atoms with Gasteiger partial charge in [-0.3, -0.25) is 9.59 Å². The Bertz CT molecular complexity index is 1320. The van der Waals surface area contributed by atoms with Crippen molar-refractivity contribution in [3.8, 4) is 5.75 Å². The quantitative estimate of drug-likeness (QED) is 0.193. The molecule has 0 aliphatic rings. The number of esters is 1. The first-order chi connectivity index (χ1) is 20.2. The third kappa shape index (κ3) is 9.93. The minimum atomic E-state index is -1.38. The number of nitrogens with one attached hydrogen (secondary N) is 3. The Morgan fingerprint density at radius 3 is 1.76 bits per heavy atom. The van der Waals surface area contributed by atoms with Gasteiger partial charge in [-0.1, -0.05) is 72.8 Å². The molecule has 0 aliphatic heterocycles. The molecule has 11 nitrogen and oxygen atoms in total. The van der Waals surface area contributed by atoms with Crippen LogP contribution in [0.2, 0.25) is 0 Å². The second-order valence-corrected chi connectivity index (χ2v) is 9.63. The fourth-order valence-corrected chi connectivity index (χ4v) is 4.07. The van der Waals surface area contributed by atoms with E-state index in [1.54, 1.807) is 48.5 Å². The highest BCUT2D eigenvalue weighted by atomic mass is 16.5. The fraction of sp³-hybridized carbons (Fsp3) is 0.290. The minimum Gasteiger partial charge on any atom is -0.508 e. The third-order valence-corrected chi connectivity index (χ3v) is 6.35. The van der Waals surface area contributed by atoms with Crippen LogP contribution in [0.3, 0.4) is 0 Å². The van der Waals surface area contributed by atoms with Crippen LogP contribution >= 0.6 is 0 Å². The highest BCUT2D eigenvalue weighted by molar-refractivity contribution is 5.93. The van der Waals surface area contributed by atoms with Crippen LogP contribution in [0.25, 0.3) is 0 Å². The Kier molecular flexibility index (Phi) is 11.9. The summed E-state index contributed by atoms with van der Waals surface area (Å²) in [4.78, 5) is 51.8. The molecule has 0 saturated heterocycles. The molecule has 0 saturated carbocycles. The number of hydrogen-bond acceptors (Lipinski definition) is 8. The van der Waals surface area contributed by atoms with Gasteiger partial charge in [-0.25, -0.2) is 9.59 Å². The number of ether oxygens (including phenoxy) is 2. The van der Waals surface area contributed by atoms with Gasteiger partial charge in [-0.05, 0) is 35.7 Å². The predicted octanol–water partition coefficient (Wildman–Crippen LogP) is 2.00. The molecule has 3 rings (SSSR count). The molecule has 5 N–H and O–H groups in total. The first-order valence-electron chi connectivity index (χ1n) is 13.3. The van der Waals surface area contributed by atoms with E-state index < -0.39 is 48.1 Å². The van der Waals surface area contributed by atoms with Gasteiger partial charge in [0, 0.05) is 12.8 Å². The number of aliphatic hydroxyl groups excluding tert-OH is 1. The largest absolute Gasteiger partial charge is 0.508 e. The van der Waals surface area contributed by atoms with E-state index in [1.165, 1.54) is 19.1 Å². The van der Waals surface area contributed by atoms with Gasteiger partial charge in [-0.2, -0.15) is 0 Å². The number of alkyl carbamates (subject to hydrolysis) is 1. The summed E-state index contributed by atoms with van der Waals surface area (Å²) in [7, 11) is 1.12. The van der Waals surface area contributed by atoms with Crippen molar-refractivity contribution in [2.75, 3.05) is 7.11 Å². The summed E-state index contributed by atoms with van der Waals surface area (Å²) in [6, 6.07) is 20.3. The summed E-state index contributed by atoms with van der Waals surface area (Å²) in [6.07, 6.45) is -2.03. The van der Waals surface area contributed by atoms with Crippen LogP contribution in [0, 0.1) is 0 Å². The summed E-state index contributed by atoms with van der Waals surface area (Å²) in [5.74, 6) is -2.29. The molecule has 4 atom stereocenters. The second kappa shape index (κ2) is 15.8. The van der Waals surface area contributed by atoms with Gasteiger partial charge in [0.1, 0.15) is 24.4 Å². The standard InChI is InChI=1S/C31H35N3O8/c1-20(35)27(30(39)41-2)34-29(38)25(18-22-13-15-24(36)16-14-22)32-28(37)26(17-21-9-5-3-6-10-21)33-31(40)42-19-23-11-7-4-8-12-23/h3-16,20,25-27,35-36H,17-19H2,1-2H3,(H,32,37)(H,33,40)(H,34,38). The van der Waals surface area contributed by atoms with E-state index in [-0.39, 0.29) is 25.2 Å². The summed E-state index contributed by atoms with van der Waals surface area (Å²) in [5.41, 5.74) is 2.11. The number of methoxy groups -OCH3 is 1. The lowest BCUT2D eigenvalue weighted by molar-refractivity contribution is -0.148. The van der Waals surface area contributed by atoms with Crippen molar-refractivity contribution in [2.24, 2.45) is 0 Å². The van der Waals surface area contributed by atoms with Gasteiger partial charge >= 0.3 is 12.1 Å². The van der Waals surface area contributed by atoms with E-state index in [9.17, 15) is 29.4 Å². The van der Waals surface area contributed by atoms with Crippen molar-refractivity contribution in [1.82, 2.24) is 16.0 Å². The Morgan fingerprint density at radius 1 is 0.714 bits per heavy atom. The van der Waals surface area contributed by atoms with Crippen LogP contribution < -0.4 is 16.0 Å². The van der Waals surface area contributed by atoms with Crippen LogP contribution in [0.1, 0.15) is 23.6 Å². The smallest absolute Gasteiger partial charge is 0.408 e. The molecule has 3 aromatic carbocycles. The molecule has 42 heavy (non-hydrogen) atoms. The van der Waals surface area contributed by atoms with E-state index in [0.29, 0.717) is 5.56 Å². The van der Waals surface area contributed by atoms with Crippen LogP contribution in [-0.4, -0.2) is 65.4 Å². The molecule has 3 aromatic rings. The molecular formula is C31H35N3O8. The van der Waals surface area contributed by atoms with Crippen molar-refractivity contribution < 1.29 is 38.9 Å². The number of carbonyl (C=O) groups excluding carboxylic acids is 4. The summed E-state index contributed by atoms with van der Waals surface area (Å²) in [5, 5.41) is 27.4. The van der Waals surface area contributed by atoms with Crippen LogP contribution in [0.15, 0.2) is 84.9 Å². The van der Waals surface area contributed by atoms with Gasteiger partial charge in [0.15, 0.2) is 6.04 Å². The van der Waals surface area contributed by atoms with Crippen LogP contribution in [0.5, 0.6) is 5.75 Å². The maximum Gasteiger partial charge on any atom is 0.408 e. The second-order valence-electron chi connectivity index (χ2n) is 9.63. The number of carbonyl (C=O) groups is 4. The number of aliphatic hydroxyl groups is 1. The molecule has 222 valence electrons. The van der Waals surface area contributed by atoms with E-state index in [2.05, 4.69) is 20.7 Å². The van der Waals surface area contributed by atoms with Crippen molar-refractivity contribution in [1.29, 1.82) is 0 Å². The molecule has 0 radical (unpaired) electrons. The average Bonchev–Trinajstić information content (AvgIpc) is 2.99. The summed E-state index contributed by atoms with van der Waals surface area (Å²) in [6.45, 7) is 1.31. The Morgan fingerprint density at radius 2 is 1.21 bits per heavy atom. The lowest BCUT2D eigenvalue weighted by Crippen LogP contribution is -2.58. The predicted molar refractivity (Wildman–Crippen MR) is 153 cm³/mol. The molecule has 0 heterocycles. The molecule has 0 fully saturated rings. The molecule has 4 unspecified atom stereocenters. The number of hydrogen-bond donors (Lipinski definition) is 5. The minimum absolute atomic E-state index is 0.00745. The number of amides is 3. The maximum atomic E-state index is 13.6. The monoisotopic (exact) mass is 577 g/mol. The highest BCUT2D eigenvalue weighted by Crippen LogP contribution is 2.13. The summed E-state index contributed by atoms with van der Waals surface area (Å²) < 4.78 is 9.99. The molecule has 11 heteroatoms. The Balaban J connectivity index is 1.81. The molecule has 0 aliphatic carbocycles. The zero-order valence-corrected chi connectivity index (χ0v) is 23.4. The number of rotatable bonds is 13. The first kappa shape index (κ1) is 31.6. The first-order valence-corrected chi connectivity index (χ1v) is 13.3. The topological polar surface area (TPSA) is 163 Å². The van der Waals surface area contributed by atoms with Crippen molar-refractivity contribution in [3.63, 3.8) is 0 Å². The Labute approximate surface area is 243 Å². The van der Waals surface area contributed by atoms with Gasteiger partial charge < -0.3 is 35.6 Å². The van der Waals surface area contributed by atoms with Gasteiger partial charge in [0.05, 0.1) is 13.2 Å². The lowest BCUT2D eigenvalue weighted by atomic mass is 10.0. The van der Waals surface area contributed by atoms with Gasteiger partial charge in [-0.15, -0.1) is 0 Å². The van der Waals surface area contributed by atoms with Gasteiger partial charge in [0.2, 0.25) is 11.8 Å². The molecule has 0 spiro atoms. The SMILES string of the molecule is COC(=O)C(NC(=O)C(Cc1ccc(O)cc1)NC(=O)C(Cc1ccccc1)NC(=O)OCc1ccccc1)C(C)O. The molecule has 3 amide bonds. The van der Waals surface area contributed by atoms with Crippen molar-refractivity contribution in [3.05, 3.63) is 102 Å².